The van der Waals surface area contributed by atoms with Crippen molar-refractivity contribution in [3.8, 4) is 11.1 Å². The zero-order valence-corrected chi connectivity index (χ0v) is 13.2. The monoisotopic (exact) mass is 310 g/mol. The smallest absolute Gasteiger partial charge is 0.270 e. The molecular weight excluding hydrogens is 292 g/mol. The molecule has 3 rings (SSSR count). The van der Waals surface area contributed by atoms with E-state index in [0.29, 0.717) is 6.61 Å². The molecule has 0 saturated heterocycles. The normalized spacial score (nSPS) is 11.0. The summed E-state index contributed by atoms with van der Waals surface area (Å²) in [4.78, 5) is 10.8. The van der Waals surface area contributed by atoms with E-state index >= 15 is 0 Å². The lowest BCUT2D eigenvalue weighted by atomic mass is 10.0. The molecule has 5 heteroatoms. The Morgan fingerprint density at radius 1 is 1.17 bits per heavy atom. The summed E-state index contributed by atoms with van der Waals surface area (Å²) in [7, 11) is 1.66. The summed E-state index contributed by atoms with van der Waals surface area (Å²) in [5, 5.41) is 12.0. The molecule has 0 fully saturated rings. The van der Waals surface area contributed by atoms with E-state index in [9.17, 15) is 10.1 Å². The van der Waals surface area contributed by atoms with E-state index in [1.807, 2.05) is 36.4 Å². The largest absolute Gasteiger partial charge is 0.378 e. The summed E-state index contributed by atoms with van der Waals surface area (Å²) < 4.78 is 7.54. The highest BCUT2D eigenvalue weighted by atomic mass is 16.6. The molecular formula is C18H18N2O3. The Bertz CT molecular complexity index is 854. The van der Waals surface area contributed by atoms with Gasteiger partial charge in [0.1, 0.15) is 0 Å². The first-order valence-electron chi connectivity index (χ1n) is 7.51. The fourth-order valence-corrected chi connectivity index (χ4v) is 3.08. The lowest BCUT2D eigenvalue weighted by molar-refractivity contribution is -0.384. The van der Waals surface area contributed by atoms with Crippen LogP contribution in [0, 0.1) is 10.1 Å². The fourth-order valence-electron chi connectivity index (χ4n) is 3.08. The molecule has 1 heterocycles. The van der Waals surface area contributed by atoms with Gasteiger partial charge in [0.25, 0.3) is 5.69 Å². The summed E-state index contributed by atoms with van der Waals surface area (Å²) in [6, 6.07) is 15.0. The number of hydrogen-bond acceptors (Lipinski definition) is 3. The number of nitro benzene ring substituents is 1. The van der Waals surface area contributed by atoms with E-state index in [1.54, 1.807) is 19.2 Å². The molecule has 0 spiro atoms. The number of fused-ring (bicyclic) bond motifs is 1. The zero-order valence-electron chi connectivity index (χ0n) is 13.2. The number of aryl methyl sites for hydroxylation is 1. The summed E-state index contributed by atoms with van der Waals surface area (Å²) in [6.07, 6.45) is 0. The Hall–Kier alpha value is -2.66. The Morgan fingerprint density at radius 3 is 2.52 bits per heavy atom. The van der Waals surface area contributed by atoms with Crippen molar-refractivity contribution < 1.29 is 9.66 Å². The molecule has 0 saturated carbocycles. The van der Waals surface area contributed by atoms with Crippen molar-refractivity contribution in [1.29, 1.82) is 0 Å². The summed E-state index contributed by atoms with van der Waals surface area (Å²) in [6.45, 7) is 3.30. The van der Waals surface area contributed by atoms with Crippen LogP contribution in [0.1, 0.15) is 12.6 Å². The summed E-state index contributed by atoms with van der Waals surface area (Å²) >= 11 is 0. The number of ether oxygens (including phenoxy) is 1. The average molecular weight is 310 g/mol. The molecule has 0 radical (unpaired) electrons. The van der Waals surface area contributed by atoms with Crippen LogP contribution in [0.5, 0.6) is 0 Å². The maximum absolute atomic E-state index is 11.2. The minimum atomic E-state index is -0.354. The lowest BCUT2D eigenvalue weighted by Crippen LogP contribution is -2.02. The van der Waals surface area contributed by atoms with Crippen LogP contribution in [0.2, 0.25) is 0 Å². The highest BCUT2D eigenvalue weighted by Gasteiger charge is 2.20. The highest BCUT2D eigenvalue weighted by Crippen LogP contribution is 2.37. The molecule has 23 heavy (non-hydrogen) atoms. The molecule has 0 amide bonds. The van der Waals surface area contributed by atoms with Crippen LogP contribution < -0.4 is 0 Å². The van der Waals surface area contributed by atoms with Crippen molar-refractivity contribution in [2.75, 3.05) is 7.11 Å². The predicted molar refractivity (Wildman–Crippen MR) is 90.4 cm³/mol. The van der Waals surface area contributed by atoms with Gasteiger partial charge >= 0.3 is 0 Å². The van der Waals surface area contributed by atoms with Crippen molar-refractivity contribution in [1.82, 2.24) is 4.57 Å². The minimum Gasteiger partial charge on any atom is -0.378 e. The Kier molecular flexibility index (Phi) is 4.12. The molecule has 2 aromatic carbocycles. The van der Waals surface area contributed by atoms with Gasteiger partial charge in [0.15, 0.2) is 0 Å². The van der Waals surface area contributed by atoms with E-state index in [-0.39, 0.29) is 10.6 Å². The second-order valence-corrected chi connectivity index (χ2v) is 5.32. The van der Waals surface area contributed by atoms with E-state index in [2.05, 4.69) is 11.5 Å². The number of aromatic nitrogens is 1. The second-order valence-electron chi connectivity index (χ2n) is 5.32. The maximum atomic E-state index is 11.2. The van der Waals surface area contributed by atoms with Crippen molar-refractivity contribution >= 4 is 16.6 Å². The van der Waals surface area contributed by atoms with E-state index < -0.39 is 0 Å². The predicted octanol–water partition coefficient (Wildman–Crippen LogP) is 4.38. The van der Waals surface area contributed by atoms with Gasteiger partial charge in [-0.1, -0.05) is 30.3 Å². The van der Waals surface area contributed by atoms with Gasteiger partial charge in [-0.15, -0.1) is 0 Å². The third-order valence-electron chi connectivity index (χ3n) is 4.03. The highest BCUT2D eigenvalue weighted by molar-refractivity contribution is 5.99. The van der Waals surface area contributed by atoms with Gasteiger partial charge in [0.2, 0.25) is 0 Å². The number of nitrogens with zero attached hydrogens (tertiary/aromatic N) is 2. The molecule has 0 unspecified atom stereocenters. The Balaban J connectivity index is 2.39. The van der Waals surface area contributed by atoms with Crippen LogP contribution in [-0.2, 0) is 17.9 Å². The molecule has 0 atom stereocenters. The molecule has 0 N–H and O–H groups in total. The average Bonchev–Trinajstić information content (AvgIpc) is 2.88. The molecule has 0 aliphatic carbocycles. The fraction of sp³-hybridized carbons (Fsp3) is 0.222. The third kappa shape index (κ3) is 2.59. The quantitative estimate of drug-likeness (QED) is 0.519. The second kappa shape index (κ2) is 6.22. The van der Waals surface area contributed by atoms with Crippen LogP contribution in [-0.4, -0.2) is 16.6 Å². The van der Waals surface area contributed by atoms with Gasteiger partial charge in [0.05, 0.1) is 17.2 Å². The van der Waals surface area contributed by atoms with Crippen molar-refractivity contribution in [2.24, 2.45) is 0 Å². The maximum Gasteiger partial charge on any atom is 0.270 e. The standard InChI is InChI=1S/C18H18N2O3/c1-3-19-16-10-9-14(20(21)22)11-15(16)18(17(19)12-23-2)13-7-5-4-6-8-13/h4-11H,3,12H2,1-2H3. The van der Waals surface area contributed by atoms with Crippen LogP contribution in [0.3, 0.4) is 0 Å². The van der Waals surface area contributed by atoms with Gasteiger partial charge in [-0.25, -0.2) is 0 Å². The molecule has 118 valence electrons. The molecule has 0 aliphatic heterocycles. The van der Waals surface area contributed by atoms with E-state index in [0.717, 1.165) is 34.3 Å². The van der Waals surface area contributed by atoms with Crippen LogP contribution in [0.25, 0.3) is 22.0 Å². The lowest BCUT2D eigenvalue weighted by Gasteiger charge is -2.09. The topological polar surface area (TPSA) is 57.3 Å². The van der Waals surface area contributed by atoms with Gasteiger partial charge in [0, 0.05) is 42.3 Å². The number of non-ortho nitro benzene ring substituents is 1. The van der Waals surface area contributed by atoms with Crippen molar-refractivity contribution in [3.05, 3.63) is 64.3 Å². The van der Waals surface area contributed by atoms with Crippen molar-refractivity contribution in [2.45, 2.75) is 20.1 Å². The van der Waals surface area contributed by atoms with Crippen molar-refractivity contribution in [3.63, 3.8) is 0 Å². The third-order valence-corrected chi connectivity index (χ3v) is 4.03. The van der Waals surface area contributed by atoms with Crippen LogP contribution in [0.4, 0.5) is 5.69 Å². The SMILES string of the molecule is CCn1c(COC)c(-c2ccccc2)c2cc([N+](=O)[O-])ccc21. The van der Waals surface area contributed by atoms with Gasteiger partial charge in [-0.3, -0.25) is 10.1 Å². The number of benzene rings is 2. The number of hydrogen-bond donors (Lipinski definition) is 0. The Labute approximate surface area is 134 Å². The molecule has 0 bridgehead atoms. The van der Waals surface area contributed by atoms with E-state index in [1.165, 1.54) is 0 Å². The molecule has 1 aromatic heterocycles. The first-order chi connectivity index (χ1) is 11.2. The zero-order chi connectivity index (χ0) is 16.4. The first-order valence-corrected chi connectivity index (χ1v) is 7.51. The molecule has 3 aromatic rings. The van der Waals surface area contributed by atoms with Gasteiger partial charge < -0.3 is 9.30 Å². The number of rotatable bonds is 5. The summed E-state index contributed by atoms with van der Waals surface area (Å²) in [5.74, 6) is 0. The van der Waals surface area contributed by atoms with E-state index in [4.69, 9.17) is 4.74 Å². The number of methoxy groups -OCH3 is 1. The van der Waals surface area contributed by atoms with Gasteiger partial charge in [-0.2, -0.15) is 0 Å². The first kappa shape index (κ1) is 15.2. The Morgan fingerprint density at radius 2 is 1.91 bits per heavy atom. The van der Waals surface area contributed by atoms with Crippen LogP contribution in [0.15, 0.2) is 48.5 Å². The minimum absolute atomic E-state index is 0.104. The molecule has 0 aliphatic rings. The summed E-state index contributed by atoms with van der Waals surface area (Å²) in [5.41, 5.74) is 4.18. The molecule has 5 nitrogen and oxygen atoms in total. The van der Waals surface area contributed by atoms with Gasteiger partial charge in [-0.05, 0) is 18.6 Å². The number of nitro groups is 1. The van der Waals surface area contributed by atoms with Crippen LogP contribution >= 0.6 is 0 Å².